The monoisotopic (exact) mass is 515 g/mol. The molecule has 3 rings (SSSR count). The van der Waals surface area contributed by atoms with Crippen molar-refractivity contribution in [3.63, 3.8) is 0 Å². The highest BCUT2D eigenvalue weighted by molar-refractivity contribution is 7.92. The molecule has 184 valence electrons. The average Bonchev–Trinajstić information content (AvgIpc) is 2.87. The number of rotatable bonds is 10. The molecule has 1 N–H and O–H groups in total. The second-order valence-corrected chi connectivity index (χ2v) is 9.63. The first-order chi connectivity index (χ1) is 16.8. The number of carbonyl (C=O) groups excluding carboxylic acids is 1. The van der Waals surface area contributed by atoms with Crippen molar-refractivity contribution < 1.29 is 22.7 Å². The topological polar surface area (TPSA) is 97.3 Å². The first-order valence-electron chi connectivity index (χ1n) is 10.7. The van der Waals surface area contributed by atoms with Gasteiger partial charge in [0.25, 0.3) is 15.9 Å². The Bertz CT molecular complexity index is 1300. The molecule has 0 unspecified atom stereocenters. The summed E-state index contributed by atoms with van der Waals surface area (Å²) in [5.41, 5.74) is 3.88. The van der Waals surface area contributed by atoms with Crippen molar-refractivity contribution in [1.82, 2.24) is 5.43 Å². The molecule has 0 heterocycles. The lowest BCUT2D eigenvalue weighted by molar-refractivity contribution is -0.119. The third-order valence-corrected chi connectivity index (χ3v) is 6.97. The van der Waals surface area contributed by atoms with E-state index in [1.165, 1.54) is 31.4 Å². The van der Waals surface area contributed by atoms with Crippen molar-refractivity contribution in [2.45, 2.75) is 18.7 Å². The zero-order valence-electron chi connectivity index (χ0n) is 19.6. The van der Waals surface area contributed by atoms with E-state index in [1.54, 1.807) is 43.3 Å². The molecule has 0 atom stereocenters. The molecule has 3 aromatic carbocycles. The predicted molar refractivity (Wildman–Crippen MR) is 137 cm³/mol. The first kappa shape index (κ1) is 26.1. The van der Waals surface area contributed by atoms with Crippen LogP contribution in [0.4, 0.5) is 5.69 Å². The molecular formula is C25H26ClN3O5S. The Balaban J connectivity index is 1.88. The Kier molecular flexibility index (Phi) is 8.73. The summed E-state index contributed by atoms with van der Waals surface area (Å²) in [5, 5.41) is 4.42. The minimum absolute atomic E-state index is 0.0175. The van der Waals surface area contributed by atoms with E-state index in [4.69, 9.17) is 21.1 Å². The molecule has 0 radical (unpaired) electrons. The van der Waals surface area contributed by atoms with Gasteiger partial charge in [0.2, 0.25) is 0 Å². The lowest BCUT2D eigenvalue weighted by atomic mass is 10.1. The Hall–Kier alpha value is -3.56. The van der Waals surface area contributed by atoms with E-state index in [0.717, 1.165) is 15.6 Å². The molecule has 0 spiro atoms. The number of amides is 1. The summed E-state index contributed by atoms with van der Waals surface area (Å²) >= 11 is 6.14. The predicted octanol–water partition coefficient (Wildman–Crippen LogP) is 4.48. The van der Waals surface area contributed by atoms with Gasteiger partial charge in [-0.15, -0.1) is 0 Å². The van der Waals surface area contributed by atoms with Gasteiger partial charge in [0.15, 0.2) is 0 Å². The van der Waals surface area contributed by atoms with Gasteiger partial charge in [-0.3, -0.25) is 9.10 Å². The lowest BCUT2D eigenvalue weighted by Gasteiger charge is -2.25. The van der Waals surface area contributed by atoms with Gasteiger partial charge in [-0.25, -0.2) is 13.8 Å². The van der Waals surface area contributed by atoms with Crippen LogP contribution in [0.5, 0.6) is 11.5 Å². The summed E-state index contributed by atoms with van der Waals surface area (Å²) < 4.78 is 38.7. The molecule has 0 aliphatic rings. The summed E-state index contributed by atoms with van der Waals surface area (Å²) in [7, 11) is -2.72. The Morgan fingerprint density at radius 2 is 1.74 bits per heavy atom. The Morgan fingerprint density at radius 1 is 1.06 bits per heavy atom. The molecule has 0 aromatic heterocycles. The first-order valence-corrected chi connectivity index (χ1v) is 12.6. The second kappa shape index (κ2) is 11.7. The van der Waals surface area contributed by atoms with Gasteiger partial charge in [-0.05, 0) is 74.0 Å². The molecule has 0 bridgehead atoms. The fraction of sp³-hybridized carbons (Fsp3) is 0.200. The fourth-order valence-corrected chi connectivity index (χ4v) is 4.82. The van der Waals surface area contributed by atoms with Crippen molar-refractivity contribution in [2.24, 2.45) is 5.10 Å². The zero-order chi connectivity index (χ0) is 25.4. The highest BCUT2D eigenvalue weighted by Crippen LogP contribution is 2.34. The Labute approximate surface area is 210 Å². The maximum Gasteiger partial charge on any atom is 0.264 e. The number of nitrogens with zero attached hydrogens (tertiary/aromatic N) is 2. The van der Waals surface area contributed by atoms with E-state index < -0.39 is 22.5 Å². The number of sulfonamides is 1. The average molecular weight is 516 g/mol. The van der Waals surface area contributed by atoms with E-state index in [-0.39, 0.29) is 16.3 Å². The summed E-state index contributed by atoms with van der Waals surface area (Å²) in [6.45, 7) is 3.64. The maximum absolute atomic E-state index is 13.5. The number of ether oxygens (including phenoxy) is 2. The summed E-state index contributed by atoms with van der Waals surface area (Å²) in [4.78, 5) is 12.9. The van der Waals surface area contributed by atoms with Gasteiger partial charge >= 0.3 is 0 Å². The van der Waals surface area contributed by atoms with Crippen molar-refractivity contribution in [3.05, 3.63) is 83.4 Å². The molecule has 35 heavy (non-hydrogen) atoms. The van der Waals surface area contributed by atoms with Crippen LogP contribution in [0.2, 0.25) is 5.02 Å². The lowest BCUT2D eigenvalue weighted by Crippen LogP contribution is -2.40. The zero-order valence-corrected chi connectivity index (χ0v) is 21.1. The van der Waals surface area contributed by atoms with Crippen LogP contribution in [0.3, 0.4) is 0 Å². The largest absolute Gasteiger partial charge is 0.495 e. The highest BCUT2D eigenvalue weighted by Gasteiger charge is 2.29. The Morgan fingerprint density at radius 3 is 2.37 bits per heavy atom. The van der Waals surface area contributed by atoms with Crippen LogP contribution in [-0.2, 0) is 14.8 Å². The van der Waals surface area contributed by atoms with E-state index in [9.17, 15) is 13.2 Å². The smallest absolute Gasteiger partial charge is 0.264 e. The van der Waals surface area contributed by atoms with Gasteiger partial charge in [-0.2, -0.15) is 5.10 Å². The van der Waals surface area contributed by atoms with E-state index in [1.807, 2.05) is 19.1 Å². The van der Waals surface area contributed by atoms with Crippen LogP contribution in [-0.4, -0.2) is 40.3 Å². The third kappa shape index (κ3) is 6.52. The van der Waals surface area contributed by atoms with Crippen LogP contribution in [0.1, 0.15) is 19.4 Å². The van der Waals surface area contributed by atoms with Crippen LogP contribution in [0.15, 0.2) is 82.8 Å². The van der Waals surface area contributed by atoms with Crippen molar-refractivity contribution in [2.75, 3.05) is 24.6 Å². The number of hydrogen-bond donors (Lipinski definition) is 1. The molecule has 0 saturated heterocycles. The standard InChI is InChI=1S/C25H26ClN3O5S/c1-4-34-21-13-10-19(11-14-21)18(2)27-28-25(30)17-29(23-16-20(26)12-15-24(23)33-3)35(31,32)22-8-6-5-7-9-22/h5-16H,4,17H2,1-3H3,(H,28,30)/b27-18-. The van der Waals surface area contributed by atoms with Crippen molar-refractivity contribution in [3.8, 4) is 11.5 Å². The number of anilines is 1. The summed E-state index contributed by atoms with van der Waals surface area (Å²) in [6, 6.07) is 19.6. The number of methoxy groups -OCH3 is 1. The molecule has 0 aliphatic carbocycles. The number of benzene rings is 3. The molecule has 3 aromatic rings. The summed E-state index contributed by atoms with van der Waals surface area (Å²) in [6.07, 6.45) is 0. The molecule has 10 heteroatoms. The highest BCUT2D eigenvalue weighted by atomic mass is 35.5. The fourth-order valence-electron chi connectivity index (χ4n) is 3.21. The van der Waals surface area contributed by atoms with Crippen LogP contribution >= 0.6 is 11.6 Å². The minimum Gasteiger partial charge on any atom is -0.495 e. The normalized spacial score (nSPS) is 11.6. The number of hydrazone groups is 1. The second-order valence-electron chi connectivity index (χ2n) is 7.33. The molecule has 0 aliphatic heterocycles. The van der Waals surface area contributed by atoms with Gasteiger partial charge in [0.05, 0.1) is 30.0 Å². The van der Waals surface area contributed by atoms with Crippen LogP contribution in [0.25, 0.3) is 0 Å². The number of hydrogen-bond acceptors (Lipinski definition) is 6. The van der Waals surface area contributed by atoms with E-state index >= 15 is 0 Å². The summed E-state index contributed by atoms with van der Waals surface area (Å²) in [5.74, 6) is 0.331. The third-order valence-electron chi connectivity index (χ3n) is 4.96. The molecule has 0 saturated carbocycles. The van der Waals surface area contributed by atoms with Crippen LogP contribution in [0, 0.1) is 0 Å². The van der Waals surface area contributed by atoms with Gasteiger partial charge < -0.3 is 9.47 Å². The quantitative estimate of drug-likeness (QED) is 0.317. The van der Waals surface area contributed by atoms with E-state index in [2.05, 4.69) is 10.5 Å². The van der Waals surface area contributed by atoms with Gasteiger partial charge in [-0.1, -0.05) is 29.8 Å². The maximum atomic E-state index is 13.5. The number of halogens is 1. The van der Waals surface area contributed by atoms with E-state index in [0.29, 0.717) is 17.3 Å². The van der Waals surface area contributed by atoms with Crippen molar-refractivity contribution >= 4 is 38.9 Å². The molecule has 1 amide bonds. The van der Waals surface area contributed by atoms with Crippen molar-refractivity contribution in [1.29, 1.82) is 0 Å². The SMILES string of the molecule is CCOc1ccc(/C(C)=N\NC(=O)CN(c2cc(Cl)ccc2OC)S(=O)(=O)c2ccccc2)cc1. The van der Waals surface area contributed by atoms with Gasteiger partial charge in [0, 0.05) is 5.02 Å². The van der Waals surface area contributed by atoms with Gasteiger partial charge in [0.1, 0.15) is 18.0 Å². The van der Waals surface area contributed by atoms with Crippen LogP contribution < -0.4 is 19.2 Å². The number of nitrogens with one attached hydrogen (secondary N) is 1. The molecular weight excluding hydrogens is 490 g/mol. The number of carbonyl (C=O) groups is 1. The molecule has 8 nitrogen and oxygen atoms in total. The minimum atomic E-state index is -4.13. The molecule has 0 fully saturated rings.